The van der Waals surface area contributed by atoms with E-state index in [-0.39, 0.29) is 18.5 Å². The third-order valence-corrected chi connectivity index (χ3v) is 3.92. The lowest BCUT2D eigenvalue weighted by atomic mass is 10.2. The van der Waals surface area contributed by atoms with Crippen molar-refractivity contribution < 1.29 is 14.1 Å². The molecule has 130 valence electrons. The lowest BCUT2D eigenvalue weighted by molar-refractivity contribution is 0.0835. The lowest BCUT2D eigenvalue weighted by Crippen LogP contribution is -2.24. The smallest absolute Gasteiger partial charge is 0.291 e. The second kappa shape index (κ2) is 6.20. The number of hydrogen-bond acceptors (Lipinski definition) is 8. The molecule has 1 N–H and O–H groups in total. The topological polar surface area (TPSA) is 120 Å². The molecule has 0 saturated carbocycles. The third-order valence-electron chi connectivity index (χ3n) is 3.92. The van der Waals surface area contributed by atoms with Gasteiger partial charge in [0.15, 0.2) is 5.82 Å². The van der Waals surface area contributed by atoms with E-state index in [0.717, 1.165) is 24.2 Å². The molecular weight excluding hydrogens is 326 g/mol. The Morgan fingerprint density at radius 3 is 3.04 bits per heavy atom. The molecule has 10 heteroatoms. The second-order valence-corrected chi connectivity index (χ2v) is 5.92. The highest BCUT2D eigenvalue weighted by Gasteiger charge is 2.24. The zero-order chi connectivity index (χ0) is 17.4. The van der Waals surface area contributed by atoms with Crippen molar-refractivity contribution in [1.29, 1.82) is 0 Å². The van der Waals surface area contributed by atoms with E-state index in [2.05, 4.69) is 30.5 Å². The standard InChI is InChI=1S/C15H17N7O3/c1-8-6-9(2)22-15(17-8)19-12(20-22)13(23)16-7-11-18-14(25-21-11)10-4-3-5-24-10/h6,10H,3-5,7H2,1-2H3,(H,16,23)/t10-/m1/s1. The van der Waals surface area contributed by atoms with Crippen molar-refractivity contribution in [3.05, 3.63) is 35.0 Å². The number of nitrogens with one attached hydrogen (secondary N) is 1. The Hall–Kier alpha value is -2.88. The molecule has 3 aromatic heterocycles. The second-order valence-electron chi connectivity index (χ2n) is 5.92. The zero-order valence-electron chi connectivity index (χ0n) is 13.9. The van der Waals surface area contributed by atoms with Gasteiger partial charge in [-0.15, -0.1) is 5.10 Å². The number of fused-ring (bicyclic) bond motifs is 1. The molecule has 1 amide bonds. The number of nitrogens with zero attached hydrogens (tertiary/aromatic N) is 6. The van der Waals surface area contributed by atoms with Gasteiger partial charge < -0.3 is 14.6 Å². The molecule has 4 heterocycles. The van der Waals surface area contributed by atoms with Gasteiger partial charge in [-0.3, -0.25) is 4.79 Å². The molecule has 0 aliphatic carbocycles. The van der Waals surface area contributed by atoms with Gasteiger partial charge in [0.1, 0.15) is 6.10 Å². The van der Waals surface area contributed by atoms with Crippen LogP contribution in [0, 0.1) is 13.8 Å². The van der Waals surface area contributed by atoms with Crippen LogP contribution >= 0.6 is 0 Å². The number of ether oxygens (including phenoxy) is 1. The highest BCUT2D eigenvalue weighted by molar-refractivity contribution is 5.90. The van der Waals surface area contributed by atoms with Crippen molar-refractivity contribution in [1.82, 2.24) is 35.0 Å². The maximum Gasteiger partial charge on any atom is 0.291 e. The van der Waals surface area contributed by atoms with Crippen molar-refractivity contribution in [2.45, 2.75) is 39.3 Å². The van der Waals surface area contributed by atoms with Gasteiger partial charge in [-0.1, -0.05) is 5.16 Å². The maximum absolute atomic E-state index is 12.3. The van der Waals surface area contributed by atoms with Crippen molar-refractivity contribution in [3.8, 4) is 0 Å². The maximum atomic E-state index is 12.3. The molecule has 10 nitrogen and oxygen atoms in total. The first-order valence-electron chi connectivity index (χ1n) is 8.03. The Balaban J connectivity index is 1.44. The molecule has 0 spiro atoms. The number of amides is 1. The zero-order valence-corrected chi connectivity index (χ0v) is 13.9. The molecule has 0 unspecified atom stereocenters. The summed E-state index contributed by atoms with van der Waals surface area (Å²) in [4.78, 5) is 24.9. The molecule has 0 bridgehead atoms. The monoisotopic (exact) mass is 343 g/mol. The Labute approximate surface area is 142 Å². The highest BCUT2D eigenvalue weighted by Crippen LogP contribution is 2.26. The lowest BCUT2D eigenvalue weighted by Gasteiger charge is -2.00. The van der Waals surface area contributed by atoms with Crippen molar-refractivity contribution in [2.75, 3.05) is 6.61 Å². The molecule has 0 radical (unpaired) electrons. The summed E-state index contributed by atoms with van der Waals surface area (Å²) in [6.07, 6.45) is 1.70. The average molecular weight is 343 g/mol. The van der Waals surface area contributed by atoms with Gasteiger partial charge in [0.2, 0.25) is 5.82 Å². The van der Waals surface area contributed by atoms with Crippen LogP contribution in [0.5, 0.6) is 0 Å². The molecule has 1 fully saturated rings. The van der Waals surface area contributed by atoms with Crippen LogP contribution in [0.4, 0.5) is 0 Å². The number of carbonyl (C=O) groups excluding carboxylic acids is 1. The van der Waals surface area contributed by atoms with Crippen LogP contribution in [0.2, 0.25) is 0 Å². The summed E-state index contributed by atoms with van der Waals surface area (Å²) in [6, 6.07) is 1.87. The molecule has 0 aromatic carbocycles. The first-order valence-corrected chi connectivity index (χ1v) is 8.03. The van der Waals surface area contributed by atoms with Crippen molar-refractivity contribution >= 4 is 11.7 Å². The summed E-state index contributed by atoms with van der Waals surface area (Å²) in [6.45, 7) is 4.56. The SMILES string of the molecule is Cc1cc(C)n2nc(C(=O)NCc3noc([C@H]4CCCO4)n3)nc2n1. The predicted octanol–water partition coefficient (Wildman–Crippen LogP) is 0.906. The third kappa shape index (κ3) is 3.07. The van der Waals surface area contributed by atoms with Crippen LogP contribution in [-0.4, -0.2) is 42.2 Å². The first-order chi connectivity index (χ1) is 12.1. The Kier molecular flexibility index (Phi) is 3.88. The van der Waals surface area contributed by atoms with Crippen molar-refractivity contribution in [3.63, 3.8) is 0 Å². The molecule has 1 atom stereocenters. The van der Waals surface area contributed by atoms with Gasteiger partial charge >= 0.3 is 0 Å². The quantitative estimate of drug-likeness (QED) is 0.742. The normalized spacial score (nSPS) is 17.3. The van der Waals surface area contributed by atoms with E-state index < -0.39 is 5.91 Å². The summed E-state index contributed by atoms with van der Waals surface area (Å²) in [5.41, 5.74) is 1.67. The van der Waals surface area contributed by atoms with Crippen LogP contribution < -0.4 is 5.32 Å². The van der Waals surface area contributed by atoms with Crippen LogP contribution in [0.1, 0.15) is 52.7 Å². The average Bonchev–Trinajstić information content (AvgIpc) is 3.31. The van der Waals surface area contributed by atoms with Gasteiger partial charge in [0.25, 0.3) is 17.6 Å². The van der Waals surface area contributed by atoms with Crippen molar-refractivity contribution in [2.24, 2.45) is 0 Å². The van der Waals surface area contributed by atoms with E-state index in [1.165, 1.54) is 4.52 Å². The molecule has 1 aliphatic rings. The molecule has 1 saturated heterocycles. The predicted molar refractivity (Wildman–Crippen MR) is 83.7 cm³/mol. The fraction of sp³-hybridized carbons (Fsp3) is 0.467. The Morgan fingerprint density at radius 2 is 2.24 bits per heavy atom. The number of aryl methyl sites for hydroxylation is 2. The summed E-state index contributed by atoms with van der Waals surface area (Å²) in [7, 11) is 0. The largest absolute Gasteiger partial charge is 0.368 e. The summed E-state index contributed by atoms with van der Waals surface area (Å²) in [5.74, 6) is 0.841. The van der Waals surface area contributed by atoms with Gasteiger partial charge in [-0.25, -0.2) is 9.50 Å². The molecule has 1 aliphatic heterocycles. The van der Waals surface area contributed by atoms with Gasteiger partial charge in [0, 0.05) is 18.0 Å². The summed E-state index contributed by atoms with van der Waals surface area (Å²) < 4.78 is 12.2. The number of carbonyl (C=O) groups is 1. The van der Waals surface area contributed by atoms with Gasteiger partial charge in [-0.2, -0.15) is 9.97 Å². The molecule has 4 rings (SSSR count). The number of aromatic nitrogens is 6. The van der Waals surface area contributed by atoms with Gasteiger partial charge in [-0.05, 0) is 32.8 Å². The molecule has 25 heavy (non-hydrogen) atoms. The van der Waals surface area contributed by atoms with E-state index in [1.54, 1.807) is 0 Å². The summed E-state index contributed by atoms with van der Waals surface area (Å²) >= 11 is 0. The van der Waals surface area contributed by atoms with E-state index in [0.29, 0.717) is 24.1 Å². The van der Waals surface area contributed by atoms with Crippen LogP contribution in [0.3, 0.4) is 0 Å². The van der Waals surface area contributed by atoms with Gasteiger partial charge in [0.05, 0.1) is 6.54 Å². The number of hydrogen-bond donors (Lipinski definition) is 1. The minimum Gasteiger partial charge on any atom is -0.368 e. The summed E-state index contributed by atoms with van der Waals surface area (Å²) in [5, 5.41) is 10.7. The Morgan fingerprint density at radius 1 is 1.36 bits per heavy atom. The fourth-order valence-corrected chi connectivity index (χ4v) is 2.74. The fourth-order valence-electron chi connectivity index (χ4n) is 2.74. The molecule has 3 aromatic rings. The first kappa shape index (κ1) is 15.6. The van der Waals surface area contributed by atoms with Crippen LogP contribution in [-0.2, 0) is 11.3 Å². The van der Waals surface area contributed by atoms with E-state index in [9.17, 15) is 4.79 Å². The number of rotatable bonds is 4. The minimum absolute atomic E-state index is 0.0454. The van der Waals surface area contributed by atoms with Crippen LogP contribution in [0.25, 0.3) is 5.78 Å². The van der Waals surface area contributed by atoms with E-state index in [4.69, 9.17) is 9.26 Å². The Bertz CT molecular complexity index is 926. The minimum atomic E-state index is -0.425. The highest BCUT2D eigenvalue weighted by atomic mass is 16.5. The van der Waals surface area contributed by atoms with Crippen LogP contribution in [0.15, 0.2) is 10.6 Å². The van der Waals surface area contributed by atoms with E-state index >= 15 is 0 Å². The molecular formula is C15H17N7O3. The van der Waals surface area contributed by atoms with E-state index in [1.807, 2.05) is 19.9 Å².